The van der Waals surface area contributed by atoms with Gasteiger partial charge in [0.1, 0.15) is 0 Å². The van der Waals surface area contributed by atoms with Crippen LogP contribution in [-0.2, 0) is 0 Å². The lowest BCUT2D eigenvalue weighted by Gasteiger charge is -2.29. The predicted molar refractivity (Wildman–Crippen MR) is 83.9 cm³/mol. The maximum absolute atomic E-state index is 10.8. The van der Waals surface area contributed by atoms with Crippen LogP contribution in [-0.4, -0.2) is 32.0 Å². The second-order valence-electron chi connectivity index (χ2n) is 6.02. The Balaban J connectivity index is 2.24. The number of benzene rings is 1. The fourth-order valence-electron chi connectivity index (χ4n) is 3.54. The van der Waals surface area contributed by atoms with Crippen LogP contribution in [0, 0.1) is 11.8 Å². The Hall–Kier alpha value is -1.26. The van der Waals surface area contributed by atoms with Crippen LogP contribution in [0.5, 0.6) is 11.5 Å². The molecule has 0 aliphatic heterocycles. The number of ether oxygens (including phenoxy) is 2. The summed E-state index contributed by atoms with van der Waals surface area (Å²) in [6, 6.07) is 5.78. The summed E-state index contributed by atoms with van der Waals surface area (Å²) in [6.45, 7) is 2.66. The van der Waals surface area contributed by atoms with Crippen LogP contribution < -0.4 is 15.2 Å². The van der Waals surface area contributed by atoms with Crippen LogP contribution >= 0.6 is 0 Å². The normalized spacial score (nSPS) is 24.6. The molecule has 4 nitrogen and oxygen atoms in total. The van der Waals surface area contributed by atoms with E-state index >= 15 is 0 Å². The highest BCUT2D eigenvalue weighted by Crippen LogP contribution is 2.39. The Labute approximate surface area is 127 Å². The summed E-state index contributed by atoms with van der Waals surface area (Å²) in [5.74, 6) is 2.22. The van der Waals surface area contributed by atoms with Gasteiger partial charge < -0.3 is 20.3 Å². The molecular weight excluding hydrogens is 266 g/mol. The van der Waals surface area contributed by atoms with E-state index in [1.54, 1.807) is 14.2 Å². The van der Waals surface area contributed by atoms with Crippen molar-refractivity contribution in [1.82, 2.24) is 0 Å². The van der Waals surface area contributed by atoms with E-state index in [-0.39, 0.29) is 5.92 Å². The first-order chi connectivity index (χ1) is 10.1. The molecule has 0 bridgehead atoms. The van der Waals surface area contributed by atoms with E-state index in [1.807, 2.05) is 18.2 Å². The Morgan fingerprint density at radius 1 is 1.24 bits per heavy atom. The molecule has 0 spiro atoms. The molecule has 4 unspecified atom stereocenters. The number of hydrogen-bond acceptors (Lipinski definition) is 4. The van der Waals surface area contributed by atoms with E-state index in [1.165, 1.54) is 12.8 Å². The molecular formula is C17H27NO3. The summed E-state index contributed by atoms with van der Waals surface area (Å²) in [4.78, 5) is 0. The average molecular weight is 293 g/mol. The number of hydrogen-bond donors (Lipinski definition) is 2. The van der Waals surface area contributed by atoms with E-state index in [2.05, 4.69) is 6.92 Å². The molecule has 0 aromatic heterocycles. The Bertz CT molecular complexity index is 463. The molecule has 2 rings (SSSR count). The summed E-state index contributed by atoms with van der Waals surface area (Å²) in [5, 5.41) is 10.8. The van der Waals surface area contributed by atoms with Crippen molar-refractivity contribution in [3.05, 3.63) is 23.8 Å². The van der Waals surface area contributed by atoms with E-state index < -0.39 is 6.10 Å². The van der Waals surface area contributed by atoms with Crippen molar-refractivity contribution in [1.29, 1.82) is 0 Å². The minimum Gasteiger partial charge on any atom is -0.493 e. The minimum absolute atomic E-state index is 0.0599. The van der Waals surface area contributed by atoms with Gasteiger partial charge in [-0.05, 0) is 36.0 Å². The van der Waals surface area contributed by atoms with Crippen LogP contribution in [0.25, 0.3) is 0 Å². The molecule has 1 aromatic rings. The Morgan fingerprint density at radius 3 is 2.48 bits per heavy atom. The first-order valence-corrected chi connectivity index (χ1v) is 7.72. The van der Waals surface area contributed by atoms with Crippen LogP contribution in [0.15, 0.2) is 18.2 Å². The summed E-state index contributed by atoms with van der Waals surface area (Å²) in [6.07, 6.45) is 3.09. The van der Waals surface area contributed by atoms with Gasteiger partial charge >= 0.3 is 0 Å². The fraction of sp³-hybridized carbons (Fsp3) is 0.647. The van der Waals surface area contributed by atoms with Gasteiger partial charge in [0.25, 0.3) is 0 Å². The van der Waals surface area contributed by atoms with Crippen molar-refractivity contribution >= 4 is 0 Å². The van der Waals surface area contributed by atoms with Crippen molar-refractivity contribution in [2.45, 2.75) is 38.2 Å². The van der Waals surface area contributed by atoms with Crippen LogP contribution in [0.1, 0.15) is 37.7 Å². The van der Waals surface area contributed by atoms with Crippen molar-refractivity contribution < 1.29 is 14.6 Å². The smallest absolute Gasteiger partial charge is 0.160 e. The quantitative estimate of drug-likeness (QED) is 0.846. The zero-order chi connectivity index (χ0) is 15.4. The summed E-state index contributed by atoms with van der Waals surface area (Å²) < 4.78 is 10.6. The zero-order valence-electron chi connectivity index (χ0n) is 13.2. The second kappa shape index (κ2) is 7.14. The number of aliphatic hydroxyl groups is 1. The summed E-state index contributed by atoms with van der Waals surface area (Å²) in [7, 11) is 3.24. The molecule has 118 valence electrons. The van der Waals surface area contributed by atoms with Gasteiger partial charge in [-0.2, -0.15) is 0 Å². The molecule has 0 heterocycles. The van der Waals surface area contributed by atoms with Crippen molar-refractivity contribution in [3.63, 3.8) is 0 Å². The van der Waals surface area contributed by atoms with E-state index in [9.17, 15) is 5.11 Å². The third kappa shape index (κ3) is 3.33. The van der Waals surface area contributed by atoms with Gasteiger partial charge in [0.15, 0.2) is 11.5 Å². The van der Waals surface area contributed by atoms with Crippen molar-refractivity contribution in [2.75, 3.05) is 20.8 Å². The lowest BCUT2D eigenvalue weighted by Crippen LogP contribution is -2.33. The van der Waals surface area contributed by atoms with Gasteiger partial charge in [0.2, 0.25) is 0 Å². The zero-order valence-corrected chi connectivity index (χ0v) is 13.2. The van der Waals surface area contributed by atoms with Crippen molar-refractivity contribution in [3.8, 4) is 11.5 Å². The van der Waals surface area contributed by atoms with Crippen LogP contribution in [0.2, 0.25) is 0 Å². The first-order valence-electron chi connectivity index (χ1n) is 7.72. The largest absolute Gasteiger partial charge is 0.493 e. The molecule has 4 atom stereocenters. The van der Waals surface area contributed by atoms with Gasteiger partial charge in [0, 0.05) is 12.5 Å². The van der Waals surface area contributed by atoms with E-state index in [4.69, 9.17) is 15.2 Å². The van der Waals surface area contributed by atoms with Crippen LogP contribution in [0.4, 0.5) is 0 Å². The number of rotatable bonds is 6. The highest BCUT2D eigenvalue weighted by Gasteiger charge is 2.34. The number of nitrogens with two attached hydrogens (primary N) is 1. The average Bonchev–Trinajstić information content (AvgIpc) is 2.93. The summed E-state index contributed by atoms with van der Waals surface area (Å²) >= 11 is 0. The lowest BCUT2D eigenvalue weighted by molar-refractivity contribution is 0.0664. The Kier molecular flexibility index (Phi) is 5.48. The van der Waals surface area contributed by atoms with Crippen molar-refractivity contribution in [2.24, 2.45) is 17.6 Å². The van der Waals surface area contributed by atoms with Gasteiger partial charge in [-0.25, -0.2) is 0 Å². The molecule has 21 heavy (non-hydrogen) atoms. The summed E-state index contributed by atoms with van der Waals surface area (Å²) in [5.41, 5.74) is 6.96. The maximum atomic E-state index is 10.8. The molecule has 1 aliphatic rings. The first kappa shape index (κ1) is 16.1. The molecule has 0 radical (unpaired) electrons. The van der Waals surface area contributed by atoms with Gasteiger partial charge in [-0.15, -0.1) is 0 Å². The van der Waals surface area contributed by atoms with E-state index in [0.717, 1.165) is 12.0 Å². The molecule has 0 saturated heterocycles. The van der Waals surface area contributed by atoms with Gasteiger partial charge in [0.05, 0.1) is 20.3 Å². The van der Waals surface area contributed by atoms with E-state index in [0.29, 0.717) is 29.9 Å². The molecule has 1 aliphatic carbocycles. The minimum atomic E-state index is -0.398. The lowest BCUT2D eigenvalue weighted by atomic mass is 9.81. The molecule has 0 amide bonds. The Morgan fingerprint density at radius 2 is 1.95 bits per heavy atom. The third-order valence-corrected chi connectivity index (χ3v) is 4.87. The maximum Gasteiger partial charge on any atom is 0.160 e. The number of aliphatic hydroxyl groups excluding tert-OH is 1. The molecule has 1 fully saturated rings. The molecule has 1 aromatic carbocycles. The van der Waals surface area contributed by atoms with Crippen LogP contribution in [0.3, 0.4) is 0 Å². The van der Waals surface area contributed by atoms with Gasteiger partial charge in [-0.1, -0.05) is 25.8 Å². The molecule has 4 heteroatoms. The second-order valence-corrected chi connectivity index (χ2v) is 6.02. The fourth-order valence-corrected chi connectivity index (χ4v) is 3.54. The van der Waals surface area contributed by atoms with Gasteiger partial charge in [-0.3, -0.25) is 0 Å². The molecule has 1 saturated carbocycles. The number of methoxy groups -OCH3 is 2. The predicted octanol–water partition coefficient (Wildman–Crippen LogP) is 2.54. The highest BCUT2D eigenvalue weighted by atomic mass is 16.5. The third-order valence-electron chi connectivity index (χ3n) is 4.87. The topological polar surface area (TPSA) is 64.7 Å². The monoisotopic (exact) mass is 293 g/mol. The SMILES string of the molecule is COc1ccc(C(CN)C(O)C2CCCC2C)cc1OC. The molecule has 3 N–H and O–H groups in total. The standard InChI is InChI=1S/C17H27NO3/c1-11-5-4-6-13(11)17(19)14(10-18)12-7-8-15(20-2)16(9-12)21-3/h7-9,11,13-14,17,19H,4-6,10,18H2,1-3H3. The highest BCUT2D eigenvalue weighted by molar-refractivity contribution is 5.44.